The van der Waals surface area contributed by atoms with Crippen LogP contribution in [-0.2, 0) is 0 Å². The molecular formula is C23H20N4O. The number of aromatic nitrogens is 2. The van der Waals surface area contributed by atoms with Gasteiger partial charge in [0.2, 0.25) is 5.95 Å². The van der Waals surface area contributed by atoms with Crippen LogP contribution in [0.2, 0.25) is 0 Å². The fourth-order valence-corrected chi connectivity index (χ4v) is 2.77. The lowest BCUT2D eigenvalue weighted by molar-refractivity contribution is 0.485. The number of nitrogens with zero attached hydrogens (tertiary/aromatic N) is 3. The summed E-state index contributed by atoms with van der Waals surface area (Å²) in [5.41, 5.74) is 1.85. The molecule has 0 amide bonds. The van der Waals surface area contributed by atoms with E-state index >= 15 is 0 Å². The summed E-state index contributed by atoms with van der Waals surface area (Å²) in [5, 5.41) is 3.27. The van der Waals surface area contributed by atoms with Crippen LogP contribution in [0.25, 0.3) is 0 Å². The van der Waals surface area contributed by atoms with Crippen molar-refractivity contribution in [3.05, 3.63) is 97.2 Å². The van der Waals surface area contributed by atoms with E-state index in [-0.39, 0.29) is 0 Å². The quantitative estimate of drug-likeness (QED) is 0.467. The Labute approximate surface area is 164 Å². The van der Waals surface area contributed by atoms with Crippen LogP contribution in [0.15, 0.2) is 97.2 Å². The molecule has 0 aliphatic carbocycles. The summed E-state index contributed by atoms with van der Waals surface area (Å²) in [5.74, 6) is 2.78. The summed E-state index contributed by atoms with van der Waals surface area (Å²) in [7, 11) is 1.98. The summed E-state index contributed by atoms with van der Waals surface area (Å²) < 4.78 is 6.00. The van der Waals surface area contributed by atoms with Gasteiger partial charge in [-0.2, -0.15) is 4.98 Å². The monoisotopic (exact) mass is 368 g/mol. The first-order chi connectivity index (χ1) is 13.8. The van der Waals surface area contributed by atoms with Crippen molar-refractivity contribution in [1.82, 2.24) is 9.97 Å². The van der Waals surface area contributed by atoms with Crippen LogP contribution in [-0.4, -0.2) is 17.0 Å². The summed E-state index contributed by atoms with van der Waals surface area (Å²) in [6.45, 7) is 0. The van der Waals surface area contributed by atoms with E-state index in [2.05, 4.69) is 15.3 Å². The van der Waals surface area contributed by atoms with Gasteiger partial charge in [0.15, 0.2) is 5.75 Å². The summed E-state index contributed by atoms with van der Waals surface area (Å²) in [4.78, 5) is 11.0. The van der Waals surface area contributed by atoms with Crippen molar-refractivity contribution in [2.45, 2.75) is 0 Å². The first kappa shape index (κ1) is 17.5. The molecule has 3 aromatic carbocycles. The molecule has 5 nitrogen and oxygen atoms in total. The third kappa shape index (κ3) is 4.10. The van der Waals surface area contributed by atoms with E-state index in [0.29, 0.717) is 11.7 Å². The molecule has 1 aromatic heterocycles. The highest BCUT2D eigenvalue weighted by atomic mass is 16.5. The van der Waals surface area contributed by atoms with Gasteiger partial charge in [-0.1, -0.05) is 48.5 Å². The van der Waals surface area contributed by atoms with Gasteiger partial charge in [-0.05, 0) is 42.5 Å². The van der Waals surface area contributed by atoms with Gasteiger partial charge in [-0.3, -0.25) is 0 Å². The number of benzene rings is 3. The Morgan fingerprint density at radius 2 is 1.46 bits per heavy atom. The molecule has 1 N–H and O–H groups in total. The fraction of sp³-hybridized carbons (Fsp3) is 0.0435. The van der Waals surface area contributed by atoms with Crippen molar-refractivity contribution in [3.63, 3.8) is 0 Å². The Hall–Kier alpha value is -3.86. The number of rotatable bonds is 6. The highest BCUT2D eigenvalue weighted by Gasteiger charge is 2.09. The molecule has 0 fully saturated rings. The standard InChI is InChI=1S/C23H20N4O/c1-27(18-10-4-2-5-11-18)22-16-17-24-23(26-22)25-20-14-8-9-15-21(20)28-19-12-6-3-7-13-19/h2-17H,1H3,(H,24,25,26). The highest BCUT2D eigenvalue weighted by Crippen LogP contribution is 2.31. The lowest BCUT2D eigenvalue weighted by Gasteiger charge is -2.19. The zero-order valence-corrected chi connectivity index (χ0v) is 15.5. The number of nitrogens with one attached hydrogen (secondary N) is 1. The molecule has 0 unspecified atom stereocenters. The fourth-order valence-electron chi connectivity index (χ4n) is 2.77. The van der Waals surface area contributed by atoms with E-state index in [9.17, 15) is 0 Å². The van der Waals surface area contributed by atoms with Crippen LogP contribution >= 0.6 is 0 Å². The molecular weight excluding hydrogens is 348 g/mol. The number of ether oxygens (including phenoxy) is 1. The van der Waals surface area contributed by atoms with Crippen LogP contribution < -0.4 is 15.0 Å². The number of anilines is 4. The molecule has 1 heterocycles. The molecule has 0 spiro atoms. The minimum Gasteiger partial charge on any atom is -0.455 e. The van der Waals surface area contributed by atoms with Gasteiger partial charge in [0.05, 0.1) is 5.69 Å². The van der Waals surface area contributed by atoms with E-state index in [1.807, 2.05) is 103 Å². The second-order valence-corrected chi connectivity index (χ2v) is 6.17. The minimum atomic E-state index is 0.504. The van der Waals surface area contributed by atoms with Crippen LogP contribution in [0.5, 0.6) is 11.5 Å². The molecule has 0 atom stereocenters. The maximum atomic E-state index is 6.00. The Kier molecular flexibility index (Phi) is 5.15. The summed E-state index contributed by atoms with van der Waals surface area (Å²) in [6.07, 6.45) is 1.74. The van der Waals surface area contributed by atoms with Crippen molar-refractivity contribution in [2.75, 3.05) is 17.3 Å². The molecule has 0 radical (unpaired) electrons. The van der Waals surface area contributed by atoms with E-state index in [1.165, 1.54) is 0 Å². The smallest absolute Gasteiger partial charge is 0.229 e. The molecule has 28 heavy (non-hydrogen) atoms. The van der Waals surface area contributed by atoms with Crippen molar-refractivity contribution >= 4 is 23.1 Å². The predicted molar refractivity (Wildman–Crippen MR) is 113 cm³/mol. The Bertz CT molecular complexity index is 1040. The molecule has 4 aromatic rings. The Morgan fingerprint density at radius 1 is 0.786 bits per heavy atom. The molecule has 0 saturated heterocycles. The zero-order valence-electron chi connectivity index (χ0n) is 15.5. The molecule has 0 aliphatic heterocycles. The second-order valence-electron chi connectivity index (χ2n) is 6.17. The Balaban J connectivity index is 1.57. The van der Waals surface area contributed by atoms with Crippen molar-refractivity contribution in [2.24, 2.45) is 0 Å². The third-order valence-electron chi connectivity index (χ3n) is 4.23. The molecule has 0 saturated carbocycles. The number of hydrogen-bond acceptors (Lipinski definition) is 5. The lowest BCUT2D eigenvalue weighted by Crippen LogP contribution is -2.12. The van der Waals surface area contributed by atoms with Gasteiger partial charge in [0, 0.05) is 18.9 Å². The van der Waals surface area contributed by atoms with E-state index < -0.39 is 0 Å². The van der Waals surface area contributed by atoms with Crippen molar-refractivity contribution < 1.29 is 4.74 Å². The molecule has 5 heteroatoms. The predicted octanol–water partition coefficient (Wildman–Crippen LogP) is 5.78. The first-order valence-electron chi connectivity index (χ1n) is 9.00. The van der Waals surface area contributed by atoms with Crippen LogP contribution in [0.3, 0.4) is 0 Å². The van der Waals surface area contributed by atoms with Crippen molar-refractivity contribution in [1.29, 1.82) is 0 Å². The molecule has 0 bridgehead atoms. The van der Waals surface area contributed by atoms with E-state index in [4.69, 9.17) is 4.74 Å². The third-order valence-corrected chi connectivity index (χ3v) is 4.23. The van der Waals surface area contributed by atoms with Gasteiger partial charge in [0.1, 0.15) is 11.6 Å². The lowest BCUT2D eigenvalue weighted by atomic mass is 10.3. The van der Waals surface area contributed by atoms with Gasteiger partial charge in [-0.25, -0.2) is 4.98 Å². The molecule has 138 valence electrons. The average molecular weight is 368 g/mol. The van der Waals surface area contributed by atoms with Crippen molar-refractivity contribution in [3.8, 4) is 11.5 Å². The SMILES string of the molecule is CN(c1ccccc1)c1ccnc(Nc2ccccc2Oc2ccccc2)n1. The van der Waals surface area contributed by atoms with Gasteiger partial charge < -0.3 is 15.0 Å². The average Bonchev–Trinajstić information content (AvgIpc) is 2.76. The normalized spacial score (nSPS) is 10.3. The van der Waals surface area contributed by atoms with Crippen LogP contribution in [0, 0.1) is 0 Å². The largest absolute Gasteiger partial charge is 0.455 e. The maximum Gasteiger partial charge on any atom is 0.229 e. The highest BCUT2D eigenvalue weighted by molar-refractivity contribution is 5.65. The number of para-hydroxylation sites is 4. The van der Waals surface area contributed by atoms with Gasteiger partial charge in [-0.15, -0.1) is 0 Å². The summed E-state index contributed by atoms with van der Waals surface area (Å²) in [6, 6.07) is 29.4. The van der Waals surface area contributed by atoms with Crippen LogP contribution in [0.1, 0.15) is 0 Å². The minimum absolute atomic E-state index is 0.504. The zero-order chi connectivity index (χ0) is 19.2. The van der Waals surface area contributed by atoms with Crippen LogP contribution in [0.4, 0.5) is 23.1 Å². The molecule has 4 rings (SSSR count). The van der Waals surface area contributed by atoms with Gasteiger partial charge >= 0.3 is 0 Å². The van der Waals surface area contributed by atoms with E-state index in [0.717, 1.165) is 22.9 Å². The second kappa shape index (κ2) is 8.22. The van der Waals surface area contributed by atoms with Gasteiger partial charge in [0.25, 0.3) is 0 Å². The Morgan fingerprint density at radius 3 is 2.25 bits per heavy atom. The first-order valence-corrected chi connectivity index (χ1v) is 9.00. The van der Waals surface area contributed by atoms with E-state index in [1.54, 1.807) is 6.20 Å². The maximum absolute atomic E-state index is 6.00. The topological polar surface area (TPSA) is 50.3 Å². The number of hydrogen-bond donors (Lipinski definition) is 1. The molecule has 0 aliphatic rings. The summed E-state index contributed by atoms with van der Waals surface area (Å²) >= 11 is 0.